The molecule has 3 heteroatoms. The van der Waals surface area contributed by atoms with Gasteiger partial charge < -0.3 is 0 Å². The van der Waals surface area contributed by atoms with Crippen LogP contribution in [-0.4, -0.2) is 12.4 Å². The molecule has 0 radical (unpaired) electrons. The molecule has 0 atom stereocenters. The van der Waals surface area contributed by atoms with E-state index in [-0.39, 0.29) is 0 Å². The molecule has 0 unspecified atom stereocenters. The first-order valence-corrected chi connectivity index (χ1v) is 3.99. The molecule has 0 N–H and O–H groups in total. The van der Waals surface area contributed by atoms with E-state index < -0.39 is 0 Å². The Morgan fingerprint density at radius 1 is 1.15 bits per heavy atom. The van der Waals surface area contributed by atoms with Crippen molar-refractivity contribution in [2.24, 2.45) is 9.98 Å². The molecule has 3 nitrogen and oxygen atoms in total. The molecule has 0 aromatic heterocycles. The highest BCUT2D eigenvalue weighted by molar-refractivity contribution is 5.87. The van der Waals surface area contributed by atoms with Gasteiger partial charge >= 0.3 is 0 Å². The van der Waals surface area contributed by atoms with E-state index >= 15 is 0 Å². The number of nitrogens with zero attached hydrogens (tertiary/aromatic N) is 3. The van der Waals surface area contributed by atoms with Gasteiger partial charge in [-0.2, -0.15) is 5.26 Å². The van der Waals surface area contributed by atoms with Gasteiger partial charge in [0.05, 0.1) is 23.0 Å². The average Bonchev–Trinajstić information content (AvgIpc) is 2.41. The highest BCUT2D eigenvalue weighted by atomic mass is 14.8. The highest BCUT2D eigenvalue weighted by Gasteiger charge is 2.02. The number of nitriles is 1. The Bertz CT molecular complexity index is 424. The van der Waals surface area contributed by atoms with Crippen molar-refractivity contribution in [3.8, 4) is 6.07 Å². The zero-order valence-corrected chi connectivity index (χ0v) is 6.94. The van der Waals surface area contributed by atoms with Gasteiger partial charge in [0.1, 0.15) is 0 Å². The largest absolute Gasteiger partial charge is 0.259 e. The molecule has 0 amide bonds. The van der Waals surface area contributed by atoms with Crippen LogP contribution in [0.25, 0.3) is 0 Å². The summed E-state index contributed by atoms with van der Waals surface area (Å²) in [5.74, 6) is 0. The van der Waals surface area contributed by atoms with Crippen LogP contribution in [0.4, 0.5) is 11.4 Å². The predicted octanol–water partition coefficient (Wildman–Crippen LogP) is 2.37. The van der Waals surface area contributed by atoms with Crippen molar-refractivity contribution >= 4 is 23.8 Å². The van der Waals surface area contributed by atoms with Crippen molar-refractivity contribution < 1.29 is 0 Å². The lowest BCUT2D eigenvalue weighted by molar-refractivity contribution is 1.43. The summed E-state index contributed by atoms with van der Waals surface area (Å²) in [6.07, 6.45) is 4.34. The Hall–Kier alpha value is -1.95. The molecule has 1 aliphatic heterocycles. The third-order valence-corrected chi connectivity index (χ3v) is 1.78. The number of hydrogen-bond acceptors (Lipinski definition) is 3. The van der Waals surface area contributed by atoms with E-state index in [4.69, 9.17) is 5.26 Å². The summed E-state index contributed by atoms with van der Waals surface area (Å²) in [6.45, 7) is 0. The Balaban J connectivity index is 2.58. The maximum Gasteiger partial charge on any atom is 0.0992 e. The summed E-state index contributed by atoms with van der Waals surface area (Å²) < 4.78 is 0. The minimum atomic E-state index is 0.619. The van der Waals surface area contributed by atoms with Crippen LogP contribution in [0.1, 0.15) is 12.0 Å². The Morgan fingerprint density at radius 2 is 1.92 bits per heavy atom. The number of hydrogen-bond donors (Lipinski definition) is 0. The normalized spacial score (nSPS) is 13.2. The lowest BCUT2D eigenvalue weighted by atomic mass is 10.2. The number of aliphatic imine (C=N–C) groups is 2. The van der Waals surface area contributed by atoms with Crippen LogP contribution in [-0.2, 0) is 0 Å². The van der Waals surface area contributed by atoms with Crippen molar-refractivity contribution in [3.63, 3.8) is 0 Å². The summed E-state index contributed by atoms with van der Waals surface area (Å²) in [4.78, 5) is 8.40. The first-order chi connectivity index (χ1) is 6.40. The Labute approximate surface area is 76.1 Å². The minimum absolute atomic E-state index is 0.619. The molecule has 0 saturated carbocycles. The van der Waals surface area contributed by atoms with Gasteiger partial charge in [-0.1, -0.05) is 0 Å². The molecule has 1 aliphatic rings. The second kappa shape index (κ2) is 3.20. The molecule has 1 aromatic rings. The summed E-state index contributed by atoms with van der Waals surface area (Å²) in [6, 6.07) is 7.38. The van der Waals surface area contributed by atoms with Gasteiger partial charge in [-0.05, 0) is 18.2 Å². The fourth-order valence-electron chi connectivity index (χ4n) is 1.15. The van der Waals surface area contributed by atoms with Gasteiger partial charge in [0, 0.05) is 18.9 Å². The second-order valence-electron chi connectivity index (χ2n) is 2.67. The van der Waals surface area contributed by atoms with Gasteiger partial charge in [0.25, 0.3) is 0 Å². The Kier molecular flexibility index (Phi) is 1.89. The topological polar surface area (TPSA) is 48.5 Å². The van der Waals surface area contributed by atoms with Crippen molar-refractivity contribution in [1.29, 1.82) is 5.26 Å². The van der Waals surface area contributed by atoms with E-state index in [2.05, 4.69) is 16.1 Å². The average molecular weight is 169 g/mol. The molecule has 13 heavy (non-hydrogen) atoms. The van der Waals surface area contributed by atoms with E-state index in [1.807, 2.05) is 6.07 Å². The van der Waals surface area contributed by atoms with Crippen LogP contribution in [0, 0.1) is 11.3 Å². The summed E-state index contributed by atoms with van der Waals surface area (Å²) >= 11 is 0. The maximum absolute atomic E-state index is 8.67. The molecule has 0 spiro atoms. The number of fused-ring (bicyclic) bond motifs is 1. The number of benzene rings is 1. The first-order valence-electron chi connectivity index (χ1n) is 3.99. The van der Waals surface area contributed by atoms with Gasteiger partial charge in [-0.15, -0.1) is 0 Å². The summed E-state index contributed by atoms with van der Waals surface area (Å²) in [5, 5.41) is 8.67. The van der Waals surface area contributed by atoms with E-state index in [9.17, 15) is 0 Å². The Morgan fingerprint density at radius 3 is 2.69 bits per heavy atom. The zero-order chi connectivity index (χ0) is 9.10. The van der Waals surface area contributed by atoms with Gasteiger partial charge in [-0.3, -0.25) is 9.98 Å². The second-order valence-corrected chi connectivity index (χ2v) is 2.67. The van der Waals surface area contributed by atoms with Crippen molar-refractivity contribution in [3.05, 3.63) is 23.8 Å². The van der Waals surface area contributed by atoms with Gasteiger partial charge in [0.2, 0.25) is 0 Å². The lowest BCUT2D eigenvalue weighted by Gasteiger charge is -1.97. The van der Waals surface area contributed by atoms with E-state index in [1.54, 1.807) is 24.6 Å². The third-order valence-electron chi connectivity index (χ3n) is 1.78. The third kappa shape index (κ3) is 1.47. The minimum Gasteiger partial charge on any atom is -0.259 e. The fraction of sp³-hybridized carbons (Fsp3) is 0.100. The molecular formula is C10H7N3. The summed E-state index contributed by atoms with van der Waals surface area (Å²) in [5.41, 5.74) is 2.22. The molecular weight excluding hydrogens is 162 g/mol. The molecule has 1 heterocycles. The van der Waals surface area contributed by atoms with Crippen molar-refractivity contribution in [2.45, 2.75) is 6.42 Å². The van der Waals surface area contributed by atoms with E-state index in [0.29, 0.717) is 5.56 Å². The van der Waals surface area contributed by atoms with Crippen LogP contribution < -0.4 is 0 Å². The molecule has 0 aliphatic carbocycles. The van der Waals surface area contributed by atoms with E-state index in [1.165, 1.54) is 0 Å². The molecule has 62 valence electrons. The SMILES string of the molecule is N#Cc1ccc2c(c1)N=CCC=N2. The smallest absolute Gasteiger partial charge is 0.0992 e. The van der Waals surface area contributed by atoms with Crippen molar-refractivity contribution in [1.82, 2.24) is 0 Å². The molecule has 0 fully saturated rings. The van der Waals surface area contributed by atoms with Crippen molar-refractivity contribution in [2.75, 3.05) is 0 Å². The van der Waals surface area contributed by atoms with Gasteiger partial charge in [0.15, 0.2) is 0 Å². The fourth-order valence-corrected chi connectivity index (χ4v) is 1.15. The van der Waals surface area contributed by atoms with Crippen LogP contribution in [0.15, 0.2) is 28.2 Å². The first kappa shape index (κ1) is 7.69. The van der Waals surface area contributed by atoms with Gasteiger partial charge in [-0.25, -0.2) is 0 Å². The molecule has 2 rings (SSSR count). The predicted molar refractivity (Wildman–Crippen MR) is 52.1 cm³/mol. The summed E-state index contributed by atoms with van der Waals surface area (Å²) in [7, 11) is 0. The lowest BCUT2D eigenvalue weighted by Crippen LogP contribution is -1.73. The van der Waals surface area contributed by atoms with Crippen LogP contribution in [0.3, 0.4) is 0 Å². The standard InChI is InChI=1S/C10H7N3/c11-7-8-2-3-9-10(6-8)13-5-1-4-12-9/h2-6H,1H2. The van der Waals surface area contributed by atoms with E-state index in [0.717, 1.165) is 17.8 Å². The molecule has 1 aromatic carbocycles. The quantitative estimate of drug-likeness (QED) is 0.588. The molecule has 0 saturated heterocycles. The maximum atomic E-state index is 8.67. The van der Waals surface area contributed by atoms with Crippen LogP contribution >= 0.6 is 0 Å². The molecule has 0 bridgehead atoms. The zero-order valence-electron chi connectivity index (χ0n) is 6.94. The van der Waals surface area contributed by atoms with Crippen LogP contribution in [0.5, 0.6) is 0 Å². The number of rotatable bonds is 0. The highest BCUT2D eigenvalue weighted by Crippen LogP contribution is 2.29. The monoisotopic (exact) mass is 169 g/mol. The van der Waals surface area contributed by atoms with Crippen LogP contribution in [0.2, 0.25) is 0 Å².